The average Bonchev–Trinajstić information content (AvgIpc) is 3.05. The van der Waals surface area contributed by atoms with Gasteiger partial charge < -0.3 is 14.2 Å². The third kappa shape index (κ3) is 3.33. The van der Waals surface area contributed by atoms with E-state index in [0.717, 1.165) is 35.2 Å². The number of fused-ring (bicyclic) bond motifs is 2. The number of rotatable bonds is 6. The zero-order valence-corrected chi connectivity index (χ0v) is 16.9. The van der Waals surface area contributed by atoms with Gasteiger partial charge >= 0.3 is 5.97 Å². The van der Waals surface area contributed by atoms with E-state index in [0.29, 0.717) is 29.0 Å². The molecular weight excluding hydrogens is 364 g/mol. The Morgan fingerprint density at radius 1 is 1.14 bits per heavy atom. The summed E-state index contributed by atoms with van der Waals surface area (Å²) in [6.45, 7) is 6.62. The number of unbranched alkanes of at least 4 members (excludes halogenated alkanes) is 1. The zero-order valence-electron chi connectivity index (χ0n) is 16.9. The molecule has 3 aromatic heterocycles. The summed E-state index contributed by atoms with van der Waals surface area (Å²) in [5.74, 6) is -0.407. The van der Waals surface area contributed by atoms with Gasteiger partial charge in [0.05, 0.1) is 34.5 Å². The Balaban J connectivity index is 1.99. The highest BCUT2D eigenvalue weighted by atomic mass is 16.5. The number of carboxylic acid groups (broad SMARTS) is 1. The number of hydrogen-bond donors (Lipinski definition) is 1. The third-order valence-corrected chi connectivity index (χ3v) is 5.22. The zero-order chi connectivity index (χ0) is 20.5. The second-order valence-electron chi connectivity index (χ2n) is 7.34. The van der Waals surface area contributed by atoms with Crippen molar-refractivity contribution in [2.75, 3.05) is 6.61 Å². The molecule has 0 amide bonds. The third-order valence-electron chi connectivity index (χ3n) is 5.22. The first-order chi connectivity index (χ1) is 14.0. The van der Waals surface area contributed by atoms with Gasteiger partial charge in [0, 0.05) is 11.7 Å². The molecule has 0 radical (unpaired) electrons. The van der Waals surface area contributed by atoms with Crippen LogP contribution in [-0.2, 0) is 0 Å². The van der Waals surface area contributed by atoms with Gasteiger partial charge in [-0.25, -0.2) is 9.78 Å². The molecule has 0 aliphatic carbocycles. The normalized spacial score (nSPS) is 11.3. The van der Waals surface area contributed by atoms with E-state index >= 15 is 0 Å². The maximum Gasteiger partial charge on any atom is 0.336 e. The molecule has 5 heteroatoms. The fourth-order valence-electron chi connectivity index (χ4n) is 3.76. The average molecular weight is 388 g/mol. The molecule has 148 valence electrons. The van der Waals surface area contributed by atoms with Crippen molar-refractivity contribution >= 4 is 22.4 Å². The van der Waals surface area contributed by atoms with Gasteiger partial charge in [-0.1, -0.05) is 25.5 Å². The van der Waals surface area contributed by atoms with Crippen LogP contribution in [0, 0.1) is 13.8 Å². The molecule has 1 aromatic carbocycles. The lowest BCUT2D eigenvalue weighted by molar-refractivity contribution is 0.0698. The first kappa shape index (κ1) is 19.0. The molecule has 0 fully saturated rings. The van der Waals surface area contributed by atoms with Crippen LogP contribution < -0.4 is 4.74 Å². The summed E-state index contributed by atoms with van der Waals surface area (Å²) in [5.41, 5.74) is 5.45. The monoisotopic (exact) mass is 388 g/mol. The number of aryl methyl sites for hydroxylation is 2. The van der Waals surface area contributed by atoms with E-state index in [1.165, 1.54) is 0 Å². The van der Waals surface area contributed by atoms with Crippen molar-refractivity contribution < 1.29 is 14.6 Å². The molecule has 0 spiro atoms. The first-order valence-electron chi connectivity index (χ1n) is 9.88. The molecule has 29 heavy (non-hydrogen) atoms. The lowest BCUT2D eigenvalue weighted by Crippen LogP contribution is -2.05. The number of hydrogen-bond acceptors (Lipinski definition) is 3. The van der Waals surface area contributed by atoms with E-state index in [4.69, 9.17) is 9.72 Å². The van der Waals surface area contributed by atoms with Crippen molar-refractivity contribution in [2.45, 2.75) is 33.6 Å². The molecule has 0 saturated heterocycles. The van der Waals surface area contributed by atoms with Gasteiger partial charge in [-0.05, 0) is 61.7 Å². The molecule has 0 bridgehead atoms. The van der Waals surface area contributed by atoms with Crippen molar-refractivity contribution in [3.05, 3.63) is 65.4 Å². The standard InChI is InChI=1S/C24H24N2O3/c1-4-5-12-29-20-10-9-15(2)22-21(20)18(24(27)28)14-19(25-22)23-16(3)13-17-8-6-7-11-26(17)23/h6-11,13-14H,4-5,12H2,1-3H3,(H,27,28). The minimum atomic E-state index is -0.983. The minimum absolute atomic E-state index is 0.213. The number of ether oxygens (including phenoxy) is 1. The van der Waals surface area contributed by atoms with Crippen LogP contribution in [0.5, 0.6) is 5.75 Å². The quantitative estimate of drug-likeness (QED) is 0.434. The molecule has 0 saturated carbocycles. The summed E-state index contributed by atoms with van der Waals surface area (Å²) >= 11 is 0. The second-order valence-corrected chi connectivity index (χ2v) is 7.34. The van der Waals surface area contributed by atoms with Gasteiger partial charge in [0.2, 0.25) is 0 Å². The van der Waals surface area contributed by atoms with E-state index in [1.54, 1.807) is 6.07 Å². The fourth-order valence-corrected chi connectivity index (χ4v) is 3.76. The fraction of sp³-hybridized carbons (Fsp3) is 0.250. The highest BCUT2D eigenvalue weighted by Gasteiger charge is 2.20. The number of aromatic nitrogens is 2. The van der Waals surface area contributed by atoms with Gasteiger partial charge in [0.1, 0.15) is 5.75 Å². The maximum absolute atomic E-state index is 12.2. The van der Waals surface area contributed by atoms with Crippen LogP contribution in [-0.4, -0.2) is 27.1 Å². The lowest BCUT2D eigenvalue weighted by Gasteiger charge is -2.14. The van der Waals surface area contributed by atoms with Crippen LogP contribution in [0.3, 0.4) is 0 Å². The van der Waals surface area contributed by atoms with Crippen molar-refractivity contribution in [2.24, 2.45) is 0 Å². The van der Waals surface area contributed by atoms with Crippen LogP contribution in [0.25, 0.3) is 27.8 Å². The highest BCUT2D eigenvalue weighted by Crippen LogP contribution is 2.35. The molecule has 0 atom stereocenters. The van der Waals surface area contributed by atoms with Crippen molar-refractivity contribution in [1.82, 2.24) is 9.38 Å². The Morgan fingerprint density at radius 2 is 1.97 bits per heavy atom. The van der Waals surface area contributed by atoms with Crippen LogP contribution >= 0.6 is 0 Å². The van der Waals surface area contributed by atoms with Crippen molar-refractivity contribution in [1.29, 1.82) is 0 Å². The van der Waals surface area contributed by atoms with E-state index < -0.39 is 5.97 Å². The Kier molecular flexibility index (Phi) is 4.97. The van der Waals surface area contributed by atoms with Crippen LogP contribution in [0.15, 0.2) is 48.7 Å². The number of carbonyl (C=O) groups is 1. The van der Waals surface area contributed by atoms with Crippen LogP contribution in [0.4, 0.5) is 0 Å². The first-order valence-corrected chi connectivity index (χ1v) is 9.88. The highest BCUT2D eigenvalue weighted by molar-refractivity contribution is 6.07. The predicted octanol–water partition coefficient (Wildman–Crippen LogP) is 5.65. The van der Waals surface area contributed by atoms with Gasteiger partial charge in [-0.2, -0.15) is 0 Å². The van der Waals surface area contributed by atoms with E-state index in [1.807, 2.05) is 54.8 Å². The van der Waals surface area contributed by atoms with Crippen molar-refractivity contribution in [3.8, 4) is 17.1 Å². The number of pyridine rings is 2. The van der Waals surface area contributed by atoms with Gasteiger partial charge in [0.15, 0.2) is 0 Å². The smallest absolute Gasteiger partial charge is 0.336 e. The van der Waals surface area contributed by atoms with Gasteiger partial charge in [0.25, 0.3) is 0 Å². The van der Waals surface area contributed by atoms with E-state index in [2.05, 4.69) is 13.0 Å². The Morgan fingerprint density at radius 3 is 2.72 bits per heavy atom. The molecule has 0 aliphatic heterocycles. The number of nitrogens with zero attached hydrogens (tertiary/aromatic N) is 2. The topological polar surface area (TPSA) is 63.8 Å². The van der Waals surface area contributed by atoms with E-state index in [-0.39, 0.29) is 5.56 Å². The number of aromatic carboxylic acids is 1. The molecule has 4 rings (SSSR count). The summed E-state index contributed by atoms with van der Waals surface area (Å²) in [4.78, 5) is 17.1. The van der Waals surface area contributed by atoms with Crippen LogP contribution in [0.2, 0.25) is 0 Å². The maximum atomic E-state index is 12.2. The second kappa shape index (κ2) is 7.59. The molecule has 5 nitrogen and oxygen atoms in total. The summed E-state index contributed by atoms with van der Waals surface area (Å²) in [7, 11) is 0. The number of carboxylic acids is 1. The Hall–Kier alpha value is -3.34. The summed E-state index contributed by atoms with van der Waals surface area (Å²) in [5, 5.41) is 10.5. The summed E-state index contributed by atoms with van der Waals surface area (Å²) in [6.07, 6.45) is 3.90. The molecule has 4 aromatic rings. The predicted molar refractivity (Wildman–Crippen MR) is 115 cm³/mol. The Labute approximate surface area is 169 Å². The molecule has 0 aliphatic rings. The SMILES string of the molecule is CCCCOc1ccc(C)c2nc(-c3c(C)cc4ccccn34)cc(C(=O)O)c12. The molecule has 1 N–H and O–H groups in total. The van der Waals surface area contributed by atoms with Crippen molar-refractivity contribution in [3.63, 3.8) is 0 Å². The Bertz CT molecular complexity index is 1220. The van der Waals surface area contributed by atoms with Gasteiger partial charge in [-0.15, -0.1) is 0 Å². The minimum Gasteiger partial charge on any atom is -0.493 e. The molecule has 3 heterocycles. The number of benzene rings is 1. The molecule has 0 unspecified atom stereocenters. The summed E-state index contributed by atoms with van der Waals surface area (Å²) < 4.78 is 7.97. The lowest BCUT2D eigenvalue weighted by atomic mass is 10.0. The van der Waals surface area contributed by atoms with Gasteiger partial charge in [-0.3, -0.25) is 0 Å². The van der Waals surface area contributed by atoms with E-state index in [9.17, 15) is 9.90 Å². The molecular formula is C24H24N2O3. The summed E-state index contributed by atoms with van der Waals surface area (Å²) in [6, 6.07) is 13.5. The van der Waals surface area contributed by atoms with Crippen LogP contribution in [0.1, 0.15) is 41.3 Å². The largest absolute Gasteiger partial charge is 0.493 e.